The maximum absolute atomic E-state index is 6.02. The summed E-state index contributed by atoms with van der Waals surface area (Å²) >= 11 is 0. The van der Waals surface area contributed by atoms with Crippen LogP contribution in [0.5, 0.6) is 0 Å². The van der Waals surface area contributed by atoms with Crippen LogP contribution >= 0.6 is 0 Å². The van der Waals surface area contributed by atoms with Gasteiger partial charge in [-0.05, 0) is 86.5 Å². The molecule has 1 aliphatic carbocycles. The SMILES string of the molecule is C=C(CC(C)(C)C)N1CCN(c2ccc(N3CC(C)OC(C)C3)cc2C2CCC(C)(C)CC2)CC1. The summed E-state index contributed by atoms with van der Waals surface area (Å²) in [7, 11) is 0. The summed E-state index contributed by atoms with van der Waals surface area (Å²) in [6.45, 7) is 26.9. The minimum absolute atomic E-state index is 0.284. The molecule has 3 fully saturated rings. The maximum Gasteiger partial charge on any atom is 0.0726 e. The molecule has 2 unspecified atom stereocenters. The van der Waals surface area contributed by atoms with Crippen molar-refractivity contribution in [3.05, 3.63) is 36.0 Å². The quantitative estimate of drug-likeness (QED) is 0.448. The number of hydrogen-bond acceptors (Lipinski definition) is 4. The van der Waals surface area contributed by atoms with E-state index in [-0.39, 0.29) is 12.2 Å². The van der Waals surface area contributed by atoms with Crippen molar-refractivity contribution in [3.8, 4) is 0 Å². The fourth-order valence-corrected chi connectivity index (χ4v) is 6.44. The van der Waals surface area contributed by atoms with Gasteiger partial charge in [0.25, 0.3) is 0 Å². The first kappa shape index (κ1) is 26.4. The third kappa shape index (κ3) is 6.76. The van der Waals surface area contributed by atoms with Gasteiger partial charge >= 0.3 is 0 Å². The van der Waals surface area contributed by atoms with Crippen LogP contribution in [0.1, 0.15) is 92.1 Å². The lowest BCUT2D eigenvalue weighted by Crippen LogP contribution is -2.47. The first-order valence-electron chi connectivity index (χ1n) is 14.1. The first-order chi connectivity index (χ1) is 16.4. The smallest absolute Gasteiger partial charge is 0.0726 e. The van der Waals surface area contributed by atoms with Crippen molar-refractivity contribution in [3.63, 3.8) is 0 Å². The van der Waals surface area contributed by atoms with Crippen LogP contribution < -0.4 is 9.80 Å². The van der Waals surface area contributed by atoms with Crippen LogP contribution in [0, 0.1) is 10.8 Å². The van der Waals surface area contributed by atoms with E-state index in [0.717, 1.165) is 45.7 Å². The molecule has 2 aliphatic heterocycles. The first-order valence-corrected chi connectivity index (χ1v) is 14.1. The van der Waals surface area contributed by atoms with E-state index < -0.39 is 0 Å². The minimum Gasteiger partial charge on any atom is -0.372 e. The number of allylic oxidation sites excluding steroid dienone is 1. The van der Waals surface area contributed by atoms with Crippen LogP contribution in [-0.2, 0) is 4.74 Å². The third-order valence-corrected chi connectivity index (χ3v) is 8.38. The van der Waals surface area contributed by atoms with Crippen molar-refractivity contribution < 1.29 is 4.74 Å². The van der Waals surface area contributed by atoms with E-state index >= 15 is 0 Å². The average Bonchev–Trinajstić information content (AvgIpc) is 2.77. The number of anilines is 2. The number of benzene rings is 1. The van der Waals surface area contributed by atoms with E-state index in [9.17, 15) is 0 Å². The Kier molecular flexibility index (Phi) is 7.81. The van der Waals surface area contributed by atoms with Gasteiger partial charge in [-0.2, -0.15) is 0 Å². The molecule has 0 radical (unpaired) electrons. The van der Waals surface area contributed by atoms with Crippen molar-refractivity contribution in [2.24, 2.45) is 10.8 Å². The van der Waals surface area contributed by atoms with Crippen molar-refractivity contribution in [2.75, 3.05) is 49.1 Å². The summed E-state index contributed by atoms with van der Waals surface area (Å²) in [5.41, 5.74) is 6.54. The van der Waals surface area contributed by atoms with Gasteiger partial charge in [-0.25, -0.2) is 0 Å². The second-order valence-corrected chi connectivity index (χ2v) is 13.6. The zero-order chi connectivity index (χ0) is 25.4. The summed E-state index contributed by atoms with van der Waals surface area (Å²) in [5, 5.41) is 0. The largest absolute Gasteiger partial charge is 0.372 e. The Labute approximate surface area is 215 Å². The molecule has 0 N–H and O–H groups in total. The van der Waals surface area contributed by atoms with Crippen LogP contribution in [-0.4, -0.2) is 56.4 Å². The van der Waals surface area contributed by atoms with E-state index in [1.165, 1.54) is 42.8 Å². The van der Waals surface area contributed by atoms with Gasteiger partial charge in [0.15, 0.2) is 0 Å². The highest BCUT2D eigenvalue weighted by Crippen LogP contribution is 2.46. The Morgan fingerprint density at radius 1 is 0.971 bits per heavy atom. The van der Waals surface area contributed by atoms with Gasteiger partial charge < -0.3 is 19.4 Å². The Balaban J connectivity index is 1.54. The van der Waals surface area contributed by atoms with Crippen molar-refractivity contribution in [1.82, 2.24) is 4.90 Å². The number of hydrogen-bond donors (Lipinski definition) is 0. The normalized spacial score (nSPS) is 26.2. The van der Waals surface area contributed by atoms with Gasteiger partial charge in [-0.3, -0.25) is 0 Å². The van der Waals surface area contributed by atoms with Crippen LogP contribution in [0.15, 0.2) is 30.5 Å². The fourth-order valence-electron chi connectivity index (χ4n) is 6.44. The third-order valence-electron chi connectivity index (χ3n) is 8.38. The predicted molar refractivity (Wildman–Crippen MR) is 151 cm³/mol. The highest BCUT2D eigenvalue weighted by Gasteiger charge is 2.32. The lowest BCUT2D eigenvalue weighted by Gasteiger charge is -2.42. The van der Waals surface area contributed by atoms with Crippen LogP contribution in [0.3, 0.4) is 0 Å². The minimum atomic E-state index is 0.284. The number of nitrogens with zero attached hydrogens (tertiary/aromatic N) is 3. The lowest BCUT2D eigenvalue weighted by molar-refractivity contribution is -0.00522. The highest BCUT2D eigenvalue weighted by molar-refractivity contribution is 5.64. The topological polar surface area (TPSA) is 19.0 Å². The Hall–Kier alpha value is -1.68. The second kappa shape index (κ2) is 10.4. The fraction of sp³-hybridized carbons (Fsp3) is 0.742. The summed E-state index contributed by atoms with van der Waals surface area (Å²) in [6.07, 6.45) is 6.91. The van der Waals surface area contributed by atoms with Gasteiger partial charge in [0.05, 0.1) is 12.2 Å². The molecular weight excluding hydrogens is 430 g/mol. The Morgan fingerprint density at radius 3 is 2.14 bits per heavy atom. The zero-order valence-corrected chi connectivity index (χ0v) is 23.7. The van der Waals surface area contributed by atoms with Gasteiger partial charge in [0.1, 0.15) is 0 Å². The van der Waals surface area contributed by atoms with Crippen LogP contribution in [0.2, 0.25) is 0 Å². The number of ether oxygens (including phenoxy) is 1. The standard InChI is InChI=1S/C31H51N3O/c1-23(20-30(4,5)6)32-15-17-33(18-16-32)29-10-9-27(34-21-24(2)35-25(3)22-34)19-28(29)26-11-13-31(7,8)14-12-26/h9-10,19,24-26H,1,11-18,20-22H2,2-8H3. The van der Waals surface area contributed by atoms with Crippen molar-refractivity contribution >= 4 is 11.4 Å². The van der Waals surface area contributed by atoms with Crippen LogP contribution in [0.25, 0.3) is 0 Å². The monoisotopic (exact) mass is 481 g/mol. The molecule has 196 valence electrons. The Bertz CT molecular complexity index is 858. The molecule has 1 saturated carbocycles. The van der Waals surface area contributed by atoms with Crippen LogP contribution in [0.4, 0.5) is 11.4 Å². The summed E-state index contributed by atoms with van der Waals surface area (Å²) in [6, 6.07) is 7.37. The summed E-state index contributed by atoms with van der Waals surface area (Å²) < 4.78 is 6.02. The number of morpholine rings is 1. The molecule has 1 aromatic rings. The Morgan fingerprint density at radius 2 is 1.57 bits per heavy atom. The molecule has 4 nitrogen and oxygen atoms in total. The molecular formula is C31H51N3O. The molecule has 2 heterocycles. The summed E-state index contributed by atoms with van der Waals surface area (Å²) in [5.74, 6) is 0.669. The molecule has 1 aromatic carbocycles. The average molecular weight is 482 g/mol. The van der Waals surface area contributed by atoms with Crippen molar-refractivity contribution in [1.29, 1.82) is 0 Å². The van der Waals surface area contributed by atoms with E-state index in [4.69, 9.17) is 4.74 Å². The van der Waals surface area contributed by atoms with E-state index in [1.807, 2.05) is 0 Å². The molecule has 0 aromatic heterocycles. The lowest BCUT2D eigenvalue weighted by atomic mass is 9.71. The number of rotatable bonds is 5. The zero-order valence-electron chi connectivity index (χ0n) is 23.7. The molecule has 0 amide bonds. The van der Waals surface area contributed by atoms with Gasteiger partial charge in [0.2, 0.25) is 0 Å². The van der Waals surface area contributed by atoms with Gasteiger partial charge in [-0.1, -0.05) is 41.2 Å². The van der Waals surface area contributed by atoms with E-state index in [1.54, 1.807) is 5.56 Å². The molecule has 3 aliphatic rings. The molecule has 4 rings (SSSR count). The second-order valence-electron chi connectivity index (χ2n) is 13.6. The van der Waals surface area contributed by atoms with Gasteiger partial charge in [-0.15, -0.1) is 0 Å². The highest BCUT2D eigenvalue weighted by atomic mass is 16.5. The molecule has 35 heavy (non-hydrogen) atoms. The molecule has 4 heteroatoms. The molecule has 2 saturated heterocycles. The number of piperazine rings is 1. The predicted octanol–water partition coefficient (Wildman–Crippen LogP) is 7.06. The molecule has 0 spiro atoms. The maximum atomic E-state index is 6.02. The molecule has 0 bridgehead atoms. The van der Waals surface area contributed by atoms with E-state index in [0.29, 0.717) is 16.7 Å². The molecule has 2 atom stereocenters. The van der Waals surface area contributed by atoms with Gasteiger partial charge in [0, 0.05) is 56.3 Å². The summed E-state index contributed by atoms with van der Waals surface area (Å²) in [4.78, 5) is 7.73. The van der Waals surface area contributed by atoms with E-state index in [2.05, 4.69) is 87.9 Å². The van der Waals surface area contributed by atoms with Crippen molar-refractivity contribution in [2.45, 2.75) is 98.7 Å².